The van der Waals surface area contributed by atoms with Crippen LogP contribution in [0.4, 0.5) is 4.79 Å². The molecular formula is C18H11NO2S. The van der Waals surface area contributed by atoms with Crippen LogP contribution in [0.5, 0.6) is 0 Å². The number of imide groups is 1. The Morgan fingerprint density at radius 1 is 0.864 bits per heavy atom. The van der Waals surface area contributed by atoms with Crippen LogP contribution >= 0.6 is 11.8 Å². The molecule has 3 nitrogen and oxygen atoms in total. The van der Waals surface area contributed by atoms with Crippen molar-refractivity contribution in [2.45, 2.75) is 0 Å². The third-order valence-electron chi connectivity index (χ3n) is 3.73. The van der Waals surface area contributed by atoms with Crippen molar-refractivity contribution in [1.29, 1.82) is 0 Å². The first kappa shape index (κ1) is 13.1. The number of rotatable bonds is 1. The zero-order valence-electron chi connectivity index (χ0n) is 11.5. The van der Waals surface area contributed by atoms with Gasteiger partial charge in [-0.3, -0.25) is 14.9 Å². The van der Waals surface area contributed by atoms with Gasteiger partial charge in [0.05, 0.1) is 4.91 Å². The number of carbonyl (C=O) groups is 2. The zero-order valence-corrected chi connectivity index (χ0v) is 12.3. The second kappa shape index (κ2) is 5.00. The number of benzene rings is 3. The summed E-state index contributed by atoms with van der Waals surface area (Å²) in [5.74, 6) is -0.327. The van der Waals surface area contributed by atoms with Gasteiger partial charge in [0.25, 0.3) is 11.1 Å². The first-order chi connectivity index (χ1) is 10.7. The molecule has 0 unspecified atom stereocenters. The van der Waals surface area contributed by atoms with Crippen molar-refractivity contribution >= 4 is 50.5 Å². The fourth-order valence-corrected chi connectivity index (χ4v) is 3.42. The van der Waals surface area contributed by atoms with E-state index in [0.29, 0.717) is 4.91 Å². The molecule has 0 radical (unpaired) electrons. The first-order valence-corrected chi connectivity index (χ1v) is 7.69. The number of fused-ring (bicyclic) bond motifs is 2. The van der Waals surface area contributed by atoms with Crippen LogP contribution in [0, 0.1) is 0 Å². The van der Waals surface area contributed by atoms with Gasteiger partial charge in [-0.1, -0.05) is 48.5 Å². The van der Waals surface area contributed by atoms with Gasteiger partial charge >= 0.3 is 0 Å². The van der Waals surface area contributed by atoms with E-state index < -0.39 is 0 Å². The van der Waals surface area contributed by atoms with E-state index in [9.17, 15) is 9.59 Å². The van der Waals surface area contributed by atoms with Crippen molar-refractivity contribution < 1.29 is 9.59 Å². The molecule has 4 rings (SSSR count). The van der Waals surface area contributed by atoms with Gasteiger partial charge in [0, 0.05) is 0 Å². The van der Waals surface area contributed by atoms with Crippen LogP contribution in [0.15, 0.2) is 59.5 Å². The fraction of sp³-hybridized carbons (Fsp3) is 0. The molecular weight excluding hydrogens is 294 g/mol. The standard InChI is InChI=1S/C18H11NO2S/c20-17-16(22-18(21)19-17)10-15-13-7-3-1-5-11(13)9-12-6-2-4-8-14(12)15/h1-10H,(H,19,20,21). The molecule has 3 aromatic carbocycles. The maximum Gasteiger partial charge on any atom is 0.290 e. The quantitative estimate of drug-likeness (QED) is 0.538. The van der Waals surface area contributed by atoms with E-state index in [1.54, 1.807) is 0 Å². The molecule has 1 aliphatic heterocycles. The van der Waals surface area contributed by atoms with Gasteiger partial charge in [0.15, 0.2) is 0 Å². The Morgan fingerprint density at radius 3 is 2.00 bits per heavy atom. The second-order valence-corrected chi connectivity index (χ2v) is 6.10. The Bertz CT molecular complexity index is 921. The van der Waals surface area contributed by atoms with E-state index >= 15 is 0 Å². The third kappa shape index (κ3) is 2.09. The summed E-state index contributed by atoms with van der Waals surface area (Å²) in [5, 5.41) is 6.35. The first-order valence-electron chi connectivity index (χ1n) is 6.88. The number of carbonyl (C=O) groups excluding carboxylic acids is 2. The molecule has 0 bridgehead atoms. The van der Waals surface area contributed by atoms with Crippen LogP contribution in [0.1, 0.15) is 5.56 Å². The Kier molecular flexibility index (Phi) is 2.98. The lowest BCUT2D eigenvalue weighted by Gasteiger charge is -2.08. The van der Waals surface area contributed by atoms with E-state index in [0.717, 1.165) is 38.9 Å². The monoisotopic (exact) mass is 305 g/mol. The summed E-state index contributed by atoms with van der Waals surface area (Å²) in [6.07, 6.45) is 1.82. The summed E-state index contributed by atoms with van der Waals surface area (Å²) in [6.45, 7) is 0. The van der Waals surface area contributed by atoms with Gasteiger partial charge in [0.1, 0.15) is 0 Å². The minimum Gasteiger partial charge on any atom is -0.282 e. The maximum absolute atomic E-state index is 11.8. The molecule has 1 saturated heterocycles. The number of hydrogen-bond donors (Lipinski definition) is 1. The van der Waals surface area contributed by atoms with Gasteiger partial charge in [-0.2, -0.15) is 0 Å². The highest BCUT2D eigenvalue weighted by Gasteiger charge is 2.25. The summed E-state index contributed by atoms with van der Waals surface area (Å²) in [5.41, 5.74) is 0.973. The highest BCUT2D eigenvalue weighted by Crippen LogP contribution is 2.33. The Hall–Kier alpha value is -2.59. The molecule has 0 aliphatic carbocycles. The van der Waals surface area contributed by atoms with Crippen LogP contribution < -0.4 is 5.32 Å². The minimum atomic E-state index is -0.327. The lowest BCUT2D eigenvalue weighted by Crippen LogP contribution is -2.17. The summed E-state index contributed by atoms with van der Waals surface area (Å²) in [6, 6.07) is 18.3. The van der Waals surface area contributed by atoms with Crippen molar-refractivity contribution in [2.75, 3.05) is 0 Å². The fourth-order valence-electron chi connectivity index (χ4n) is 2.76. The number of nitrogens with one attached hydrogen (secondary N) is 1. The molecule has 0 spiro atoms. The van der Waals surface area contributed by atoms with E-state index in [1.807, 2.05) is 42.5 Å². The van der Waals surface area contributed by atoms with Crippen LogP contribution in [-0.2, 0) is 4.79 Å². The SMILES string of the molecule is O=C1NC(=O)C(=Cc2c3ccccc3cc3ccccc23)S1. The molecule has 1 heterocycles. The smallest absolute Gasteiger partial charge is 0.282 e. The molecule has 0 aromatic heterocycles. The summed E-state index contributed by atoms with van der Waals surface area (Å²) < 4.78 is 0. The average molecular weight is 305 g/mol. The van der Waals surface area contributed by atoms with Gasteiger partial charge in [0.2, 0.25) is 0 Å². The maximum atomic E-state index is 11.8. The van der Waals surface area contributed by atoms with Gasteiger partial charge in [-0.15, -0.1) is 0 Å². The zero-order chi connectivity index (χ0) is 15.1. The summed E-state index contributed by atoms with van der Waals surface area (Å²) in [4.78, 5) is 23.6. The average Bonchev–Trinajstić information content (AvgIpc) is 2.84. The largest absolute Gasteiger partial charge is 0.290 e. The van der Waals surface area contributed by atoms with E-state index in [2.05, 4.69) is 23.5 Å². The summed E-state index contributed by atoms with van der Waals surface area (Å²) in [7, 11) is 0. The highest BCUT2D eigenvalue weighted by molar-refractivity contribution is 8.18. The minimum absolute atomic E-state index is 0.319. The van der Waals surface area contributed by atoms with Crippen molar-refractivity contribution in [3.63, 3.8) is 0 Å². The topological polar surface area (TPSA) is 46.2 Å². The van der Waals surface area contributed by atoms with E-state index in [4.69, 9.17) is 0 Å². The normalized spacial score (nSPS) is 16.6. The molecule has 3 aromatic rings. The summed E-state index contributed by atoms with van der Waals surface area (Å²) >= 11 is 0.947. The Labute approximate surface area is 131 Å². The molecule has 1 aliphatic rings. The number of hydrogen-bond acceptors (Lipinski definition) is 3. The Morgan fingerprint density at radius 2 is 1.45 bits per heavy atom. The molecule has 1 N–H and O–H groups in total. The van der Waals surface area contributed by atoms with Crippen LogP contribution in [0.3, 0.4) is 0 Å². The lowest BCUT2D eigenvalue weighted by atomic mass is 9.96. The lowest BCUT2D eigenvalue weighted by molar-refractivity contribution is -0.115. The molecule has 106 valence electrons. The van der Waals surface area contributed by atoms with Crippen LogP contribution in [-0.4, -0.2) is 11.1 Å². The molecule has 2 amide bonds. The van der Waals surface area contributed by atoms with Crippen molar-refractivity contribution in [1.82, 2.24) is 5.32 Å². The predicted molar refractivity (Wildman–Crippen MR) is 90.6 cm³/mol. The van der Waals surface area contributed by atoms with E-state index in [-0.39, 0.29) is 11.1 Å². The van der Waals surface area contributed by atoms with Crippen molar-refractivity contribution in [3.05, 3.63) is 65.1 Å². The molecule has 0 atom stereocenters. The van der Waals surface area contributed by atoms with E-state index in [1.165, 1.54) is 0 Å². The Balaban J connectivity index is 2.07. The third-order valence-corrected chi connectivity index (χ3v) is 4.54. The number of thioether (sulfide) groups is 1. The predicted octanol–water partition coefficient (Wildman–Crippen LogP) is 4.32. The second-order valence-electron chi connectivity index (χ2n) is 5.08. The molecule has 4 heteroatoms. The van der Waals surface area contributed by atoms with Gasteiger partial charge in [-0.25, -0.2) is 0 Å². The highest BCUT2D eigenvalue weighted by atomic mass is 32.2. The van der Waals surface area contributed by atoms with Gasteiger partial charge < -0.3 is 0 Å². The van der Waals surface area contributed by atoms with Crippen LogP contribution in [0.2, 0.25) is 0 Å². The van der Waals surface area contributed by atoms with Crippen molar-refractivity contribution in [2.24, 2.45) is 0 Å². The molecule has 1 fully saturated rings. The molecule has 22 heavy (non-hydrogen) atoms. The van der Waals surface area contributed by atoms with Crippen LogP contribution in [0.25, 0.3) is 27.6 Å². The van der Waals surface area contributed by atoms with Gasteiger partial charge in [-0.05, 0) is 51.0 Å². The molecule has 0 saturated carbocycles. The van der Waals surface area contributed by atoms with Crippen molar-refractivity contribution in [3.8, 4) is 0 Å². The number of amides is 2.